The predicted octanol–water partition coefficient (Wildman–Crippen LogP) is 3.23. The standard InChI is InChI=1S/C17H14N4/c18-11-13-1-4-16-15(9-13)20-17(21(16)14-2-3-14)10-12-5-7-19-8-6-12/h1,4-9,14H,2-3,10H2. The number of hydrogen-bond donors (Lipinski definition) is 0. The van der Waals surface area contributed by atoms with Crippen molar-refractivity contribution in [1.82, 2.24) is 14.5 Å². The van der Waals surface area contributed by atoms with E-state index in [1.54, 1.807) is 0 Å². The minimum Gasteiger partial charge on any atom is -0.325 e. The second-order valence-electron chi connectivity index (χ2n) is 5.48. The lowest BCUT2D eigenvalue weighted by atomic mass is 10.2. The van der Waals surface area contributed by atoms with Gasteiger partial charge in [0.25, 0.3) is 0 Å². The number of benzene rings is 1. The van der Waals surface area contributed by atoms with Crippen LogP contribution in [0.5, 0.6) is 0 Å². The van der Waals surface area contributed by atoms with E-state index in [0.717, 1.165) is 23.3 Å². The first-order chi connectivity index (χ1) is 10.3. The summed E-state index contributed by atoms with van der Waals surface area (Å²) in [5.41, 5.74) is 3.94. The third-order valence-electron chi connectivity index (χ3n) is 3.92. The third kappa shape index (κ3) is 2.17. The molecule has 0 amide bonds. The lowest BCUT2D eigenvalue weighted by molar-refractivity contribution is 0.715. The molecule has 1 aliphatic carbocycles. The van der Waals surface area contributed by atoms with Crippen molar-refractivity contribution in [3.8, 4) is 6.07 Å². The Morgan fingerprint density at radius 1 is 1.19 bits per heavy atom. The molecule has 3 aromatic rings. The molecule has 0 bridgehead atoms. The van der Waals surface area contributed by atoms with E-state index < -0.39 is 0 Å². The van der Waals surface area contributed by atoms with Gasteiger partial charge in [-0.1, -0.05) is 0 Å². The van der Waals surface area contributed by atoms with Crippen molar-refractivity contribution in [1.29, 1.82) is 5.26 Å². The van der Waals surface area contributed by atoms with Crippen LogP contribution in [-0.2, 0) is 6.42 Å². The van der Waals surface area contributed by atoms with Crippen LogP contribution in [0.3, 0.4) is 0 Å². The first kappa shape index (κ1) is 12.1. The Morgan fingerprint density at radius 2 is 2.00 bits per heavy atom. The van der Waals surface area contributed by atoms with E-state index in [1.807, 2.05) is 42.7 Å². The normalized spacial score (nSPS) is 14.2. The van der Waals surface area contributed by atoms with Crippen molar-refractivity contribution < 1.29 is 0 Å². The van der Waals surface area contributed by atoms with Gasteiger partial charge in [0.1, 0.15) is 5.82 Å². The Morgan fingerprint density at radius 3 is 2.71 bits per heavy atom. The number of fused-ring (bicyclic) bond motifs is 1. The third-order valence-corrected chi connectivity index (χ3v) is 3.92. The Balaban J connectivity index is 1.84. The molecular formula is C17H14N4. The number of nitriles is 1. The van der Waals surface area contributed by atoms with Gasteiger partial charge >= 0.3 is 0 Å². The molecule has 1 aromatic carbocycles. The van der Waals surface area contributed by atoms with Gasteiger partial charge in [0.05, 0.1) is 22.7 Å². The molecule has 1 fully saturated rings. The van der Waals surface area contributed by atoms with Crippen LogP contribution in [0.2, 0.25) is 0 Å². The van der Waals surface area contributed by atoms with Crippen LogP contribution in [0.4, 0.5) is 0 Å². The topological polar surface area (TPSA) is 54.5 Å². The van der Waals surface area contributed by atoms with Crippen LogP contribution < -0.4 is 0 Å². The SMILES string of the molecule is N#Cc1ccc2c(c1)nc(Cc1ccncc1)n2C1CC1. The molecule has 4 heteroatoms. The predicted molar refractivity (Wildman–Crippen MR) is 79.8 cm³/mol. The zero-order valence-corrected chi connectivity index (χ0v) is 11.5. The highest BCUT2D eigenvalue weighted by molar-refractivity contribution is 5.78. The number of nitrogens with zero attached hydrogens (tertiary/aromatic N) is 4. The van der Waals surface area contributed by atoms with Gasteiger partial charge < -0.3 is 4.57 Å². The molecule has 0 radical (unpaired) electrons. The van der Waals surface area contributed by atoms with Crippen LogP contribution in [0.15, 0.2) is 42.7 Å². The van der Waals surface area contributed by atoms with Crippen molar-refractivity contribution >= 4 is 11.0 Å². The van der Waals surface area contributed by atoms with Gasteiger partial charge in [0, 0.05) is 24.9 Å². The van der Waals surface area contributed by atoms with E-state index in [2.05, 4.69) is 15.6 Å². The summed E-state index contributed by atoms with van der Waals surface area (Å²) >= 11 is 0. The second-order valence-corrected chi connectivity index (χ2v) is 5.48. The van der Waals surface area contributed by atoms with Gasteiger partial charge in [-0.15, -0.1) is 0 Å². The van der Waals surface area contributed by atoms with Gasteiger partial charge in [0.2, 0.25) is 0 Å². The van der Waals surface area contributed by atoms with E-state index in [-0.39, 0.29) is 0 Å². The summed E-state index contributed by atoms with van der Waals surface area (Å²) in [6.07, 6.45) is 6.86. The fraction of sp³-hybridized carbons (Fsp3) is 0.235. The Labute approximate surface area is 122 Å². The Kier molecular flexibility index (Phi) is 2.71. The monoisotopic (exact) mass is 274 g/mol. The van der Waals surface area contributed by atoms with Crippen molar-refractivity contribution in [2.24, 2.45) is 0 Å². The smallest absolute Gasteiger partial charge is 0.114 e. The molecule has 1 saturated carbocycles. The van der Waals surface area contributed by atoms with E-state index in [1.165, 1.54) is 18.4 Å². The molecule has 0 aliphatic heterocycles. The van der Waals surface area contributed by atoms with Crippen molar-refractivity contribution in [2.45, 2.75) is 25.3 Å². The zero-order chi connectivity index (χ0) is 14.2. The molecular weight excluding hydrogens is 260 g/mol. The highest BCUT2D eigenvalue weighted by Gasteiger charge is 2.28. The fourth-order valence-corrected chi connectivity index (χ4v) is 2.77. The molecule has 2 aromatic heterocycles. The summed E-state index contributed by atoms with van der Waals surface area (Å²) in [5, 5.41) is 9.04. The highest BCUT2D eigenvalue weighted by atomic mass is 15.1. The maximum Gasteiger partial charge on any atom is 0.114 e. The summed E-state index contributed by atoms with van der Waals surface area (Å²) in [6, 6.07) is 12.6. The lowest BCUT2D eigenvalue weighted by Crippen LogP contribution is -2.02. The summed E-state index contributed by atoms with van der Waals surface area (Å²) in [5.74, 6) is 1.08. The minimum atomic E-state index is 0.569. The first-order valence-corrected chi connectivity index (χ1v) is 7.15. The quantitative estimate of drug-likeness (QED) is 0.736. The minimum absolute atomic E-state index is 0.569. The molecule has 2 heterocycles. The van der Waals surface area contributed by atoms with E-state index >= 15 is 0 Å². The zero-order valence-electron chi connectivity index (χ0n) is 11.5. The molecule has 1 aliphatic rings. The Hall–Kier alpha value is -2.67. The van der Waals surface area contributed by atoms with Crippen molar-refractivity contribution in [3.63, 3.8) is 0 Å². The average molecular weight is 274 g/mol. The number of hydrogen-bond acceptors (Lipinski definition) is 3. The summed E-state index contributed by atoms with van der Waals surface area (Å²) in [7, 11) is 0. The lowest BCUT2D eigenvalue weighted by Gasteiger charge is -2.07. The molecule has 0 unspecified atom stereocenters. The number of rotatable bonds is 3. The van der Waals surface area contributed by atoms with Crippen LogP contribution in [-0.4, -0.2) is 14.5 Å². The van der Waals surface area contributed by atoms with Gasteiger partial charge in [-0.3, -0.25) is 4.98 Å². The van der Waals surface area contributed by atoms with Crippen molar-refractivity contribution in [2.75, 3.05) is 0 Å². The average Bonchev–Trinajstić information content (AvgIpc) is 3.29. The number of aromatic nitrogens is 3. The molecule has 0 saturated heterocycles. The Bertz CT molecular complexity index is 838. The second kappa shape index (κ2) is 4.71. The van der Waals surface area contributed by atoms with Gasteiger partial charge in [-0.05, 0) is 48.7 Å². The molecule has 0 spiro atoms. The van der Waals surface area contributed by atoms with Crippen molar-refractivity contribution in [3.05, 3.63) is 59.7 Å². The molecule has 4 rings (SSSR count). The van der Waals surface area contributed by atoms with Crippen LogP contribution in [0, 0.1) is 11.3 Å². The number of imidazole rings is 1. The summed E-state index contributed by atoms with van der Waals surface area (Å²) in [4.78, 5) is 8.83. The van der Waals surface area contributed by atoms with Gasteiger partial charge in [0.15, 0.2) is 0 Å². The van der Waals surface area contributed by atoms with Crippen LogP contribution >= 0.6 is 0 Å². The van der Waals surface area contributed by atoms with Crippen LogP contribution in [0.1, 0.15) is 35.8 Å². The van der Waals surface area contributed by atoms with Crippen LogP contribution in [0.25, 0.3) is 11.0 Å². The molecule has 0 N–H and O–H groups in total. The van der Waals surface area contributed by atoms with Gasteiger partial charge in [-0.2, -0.15) is 5.26 Å². The maximum atomic E-state index is 9.04. The molecule has 4 nitrogen and oxygen atoms in total. The van der Waals surface area contributed by atoms with E-state index in [4.69, 9.17) is 10.2 Å². The van der Waals surface area contributed by atoms with E-state index in [0.29, 0.717) is 11.6 Å². The highest BCUT2D eigenvalue weighted by Crippen LogP contribution is 2.39. The van der Waals surface area contributed by atoms with Gasteiger partial charge in [-0.25, -0.2) is 4.98 Å². The molecule has 21 heavy (non-hydrogen) atoms. The maximum absolute atomic E-state index is 9.04. The molecule has 0 atom stereocenters. The number of pyridine rings is 1. The summed E-state index contributed by atoms with van der Waals surface area (Å²) in [6.45, 7) is 0. The summed E-state index contributed by atoms with van der Waals surface area (Å²) < 4.78 is 2.34. The largest absolute Gasteiger partial charge is 0.325 e. The van der Waals surface area contributed by atoms with E-state index in [9.17, 15) is 0 Å². The first-order valence-electron chi connectivity index (χ1n) is 7.15. The fourth-order valence-electron chi connectivity index (χ4n) is 2.77. The molecule has 102 valence electrons.